The maximum Gasteiger partial charge on any atom is 0.124 e. The third-order valence-corrected chi connectivity index (χ3v) is 4.64. The standard InChI is InChI=1S/C20H25FN2O/c1-15(22-2)19-12-17(21)8-9-20(19)24-18-10-11-23(14-18)13-16-6-4-3-5-7-16/h3-9,12,15,18,22H,10-11,13-14H2,1-2H3. The molecule has 0 radical (unpaired) electrons. The number of nitrogens with zero attached hydrogens (tertiary/aromatic N) is 1. The molecule has 3 nitrogen and oxygen atoms in total. The average Bonchev–Trinajstić information content (AvgIpc) is 3.03. The molecule has 1 fully saturated rings. The highest BCUT2D eigenvalue weighted by Crippen LogP contribution is 2.28. The van der Waals surface area contributed by atoms with Gasteiger partial charge in [0.05, 0.1) is 0 Å². The van der Waals surface area contributed by atoms with Gasteiger partial charge in [0, 0.05) is 31.2 Å². The smallest absolute Gasteiger partial charge is 0.124 e. The number of ether oxygens (including phenoxy) is 1. The van der Waals surface area contributed by atoms with Crippen molar-refractivity contribution in [2.24, 2.45) is 0 Å². The van der Waals surface area contributed by atoms with E-state index < -0.39 is 0 Å². The molecule has 0 spiro atoms. The Bertz CT molecular complexity index is 662. The highest BCUT2D eigenvalue weighted by Gasteiger charge is 2.25. The van der Waals surface area contributed by atoms with E-state index in [0.29, 0.717) is 0 Å². The summed E-state index contributed by atoms with van der Waals surface area (Å²) in [4.78, 5) is 2.41. The zero-order valence-electron chi connectivity index (χ0n) is 14.3. The maximum atomic E-state index is 13.6. The van der Waals surface area contributed by atoms with Crippen LogP contribution in [0.15, 0.2) is 48.5 Å². The minimum absolute atomic E-state index is 0.0533. The van der Waals surface area contributed by atoms with Gasteiger partial charge in [0.2, 0.25) is 0 Å². The maximum absolute atomic E-state index is 13.6. The van der Waals surface area contributed by atoms with Crippen LogP contribution in [0.4, 0.5) is 4.39 Å². The molecule has 128 valence electrons. The summed E-state index contributed by atoms with van der Waals surface area (Å²) >= 11 is 0. The van der Waals surface area contributed by atoms with Crippen LogP contribution >= 0.6 is 0 Å². The molecule has 0 bridgehead atoms. The predicted molar refractivity (Wildman–Crippen MR) is 94.6 cm³/mol. The van der Waals surface area contributed by atoms with Gasteiger partial charge in [-0.05, 0) is 44.2 Å². The highest BCUT2D eigenvalue weighted by atomic mass is 19.1. The number of benzene rings is 2. The number of hydrogen-bond acceptors (Lipinski definition) is 3. The number of hydrogen-bond donors (Lipinski definition) is 1. The Morgan fingerprint density at radius 2 is 2.04 bits per heavy atom. The van der Waals surface area contributed by atoms with Crippen molar-refractivity contribution < 1.29 is 9.13 Å². The van der Waals surface area contributed by atoms with Crippen LogP contribution in [0, 0.1) is 5.82 Å². The fourth-order valence-corrected chi connectivity index (χ4v) is 3.18. The molecule has 3 rings (SSSR count). The summed E-state index contributed by atoms with van der Waals surface area (Å²) in [5, 5.41) is 3.16. The van der Waals surface area contributed by atoms with Crippen LogP contribution in [0.5, 0.6) is 5.75 Å². The quantitative estimate of drug-likeness (QED) is 0.874. The zero-order valence-corrected chi connectivity index (χ0v) is 14.3. The van der Waals surface area contributed by atoms with E-state index >= 15 is 0 Å². The van der Waals surface area contributed by atoms with Gasteiger partial charge >= 0.3 is 0 Å². The monoisotopic (exact) mass is 328 g/mol. The van der Waals surface area contributed by atoms with Gasteiger partial charge in [-0.2, -0.15) is 0 Å². The molecule has 1 aliphatic rings. The molecule has 24 heavy (non-hydrogen) atoms. The molecule has 1 aliphatic heterocycles. The van der Waals surface area contributed by atoms with E-state index in [1.807, 2.05) is 20.0 Å². The lowest BCUT2D eigenvalue weighted by atomic mass is 10.1. The molecule has 1 N–H and O–H groups in total. The van der Waals surface area contributed by atoms with Crippen molar-refractivity contribution >= 4 is 0 Å². The normalized spacial score (nSPS) is 19.4. The van der Waals surface area contributed by atoms with Crippen LogP contribution in [0.1, 0.15) is 30.5 Å². The van der Waals surface area contributed by atoms with Crippen molar-refractivity contribution in [3.05, 3.63) is 65.5 Å². The van der Waals surface area contributed by atoms with Gasteiger partial charge < -0.3 is 10.1 Å². The second kappa shape index (κ2) is 7.77. The van der Waals surface area contributed by atoms with Crippen molar-refractivity contribution in [1.82, 2.24) is 10.2 Å². The topological polar surface area (TPSA) is 24.5 Å². The van der Waals surface area contributed by atoms with E-state index in [1.165, 1.54) is 11.6 Å². The molecule has 2 aromatic carbocycles. The number of rotatable bonds is 6. The van der Waals surface area contributed by atoms with Gasteiger partial charge in [0.1, 0.15) is 17.7 Å². The fourth-order valence-electron chi connectivity index (χ4n) is 3.18. The fraction of sp³-hybridized carbons (Fsp3) is 0.400. The summed E-state index contributed by atoms with van der Waals surface area (Å²) in [6.45, 7) is 4.89. The highest BCUT2D eigenvalue weighted by molar-refractivity contribution is 5.36. The second-order valence-corrected chi connectivity index (χ2v) is 6.44. The first-order chi connectivity index (χ1) is 11.7. The molecule has 1 saturated heterocycles. The molecule has 0 amide bonds. The molecule has 0 saturated carbocycles. The third kappa shape index (κ3) is 4.13. The molecule has 0 aliphatic carbocycles. The van der Waals surface area contributed by atoms with E-state index in [-0.39, 0.29) is 18.0 Å². The van der Waals surface area contributed by atoms with Crippen molar-refractivity contribution in [3.8, 4) is 5.75 Å². The van der Waals surface area contributed by atoms with E-state index in [0.717, 1.165) is 37.4 Å². The van der Waals surface area contributed by atoms with E-state index in [4.69, 9.17) is 4.74 Å². The summed E-state index contributed by atoms with van der Waals surface area (Å²) in [6, 6.07) is 15.3. The summed E-state index contributed by atoms with van der Waals surface area (Å²) in [7, 11) is 1.87. The Balaban J connectivity index is 1.63. The van der Waals surface area contributed by atoms with Crippen LogP contribution in [-0.4, -0.2) is 31.1 Å². The van der Waals surface area contributed by atoms with Gasteiger partial charge in [-0.15, -0.1) is 0 Å². The van der Waals surface area contributed by atoms with Crippen LogP contribution in [-0.2, 0) is 6.54 Å². The molecule has 1 heterocycles. The Morgan fingerprint density at radius 3 is 2.79 bits per heavy atom. The number of nitrogens with one attached hydrogen (secondary N) is 1. The van der Waals surface area contributed by atoms with Crippen LogP contribution < -0.4 is 10.1 Å². The molecule has 4 heteroatoms. The van der Waals surface area contributed by atoms with Crippen LogP contribution in [0.3, 0.4) is 0 Å². The summed E-state index contributed by atoms with van der Waals surface area (Å²) in [5.74, 6) is 0.557. The number of likely N-dealkylation sites (tertiary alicyclic amines) is 1. The van der Waals surface area contributed by atoms with Gasteiger partial charge in [0.15, 0.2) is 0 Å². The molecule has 2 aromatic rings. The summed E-state index contributed by atoms with van der Waals surface area (Å²) in [5.41, 5.74) is 2.20. The third-order valence-electron chi connectivity index (χ3n) is 4.64. The van der Waals surface area contributed by atoms with Crippen molar-refractivity contribution in [2.45, 2.75) is 32.0 Å². The lowest BCUT2D eigenvalue weighted by Crippen LogP contribution is -2.25. The second-order valence-electron chi connectivity index (χ2n) is 6.44. The number of halogens is 1. The molecular formula is C20H25FN2O. The summed E-state index contributed by atoms with van der Waals surface area (Å²) in [6.07, 6.45) is 1.15. The Morgan fingerprint density at radius 1 is 1.25 bits per heavy atom. The van der Waals surface area contributed by atoms with Crippen LogP contribution in [0.25, 0.3) is 0 Å². The van der Waals surface area contributed by atoms with E-state index in [1.54, 1.807) is 12.1 Å². The first kappa shape index (κ1) is 16.9. The minimum atomic E-state index is -0.225. The Labute approximate surface area is 143 Å². The van der Waals surface area contributed by atoms with Gasteiger partial charge in [0.25, 0.3) is 0 Å². The van der Waals surface area contributed by atoms with Gasteiger partial charge in [-0.25, -0.2) is 4.39 Å². The minimum Gasteiger partial charge on any atom is -0.489 e. The largest absolute Gasteiger partial charge is 0.489 e. The lowest BCUT2D eigenvalue weighted by molar-refractivity contribution is 0.195. The van der Waals surface area contributed by atoms with Gasteiger partial charge in [-0.1, -0.05) is 30.3 Å². The molecule has 2 atom stereocenters. The first-order valence-corrected chi connectivity index (χ1v) is 8.55. The van der Waals surface area contributed by atoms with Crippen molar-refractivity contribution in [2.75, 3.05) is 20.1 Å². The van der Waals surface area contributed by atoms with E-state index in [9.17, 15) is 4.39 Å². The lowest BCUT2D eigenvalue weighted by Gasteiger charge is -2.21. The average molecular weight is 328 g/mol. The first-order valence-electron chi connectivity index (χ1n) is 8.55. The van der Waals surface area contributed by atoms with Crippen molar-refractivity contribution in [1.29, 1.82) is 0 Å². The van der Waals surface area contributed by atoms with E-state index in [2.05, 4.69) is 34.5 Å². The van der Waals surface area contributed by atoms with Gasteiger partial charge in [-0.3, -0.25) is 4.90 Å². The van der Waals surface area contributed by atoms with Crippen molar-refractivity contribution in [3.63, 3.8) is 0 Å². The predicted octanol–water partition coefficient (Wildman–Crippen LogP) is 3.76. The SMILES string of the molecule is CNC(C)c1cc(F)ccc1OC1CCN(Cc2ccccc2)C1. The molecular weight excluding hydrogens is 303 g/mol. The molecule has 2 unspecified atom stereocenters. The Kier molecular flexibility index (Phi) is 5.48. The zero-order chi connectivity index (χ0) is 16.9. The summed E-state index contributed by atoms with van der Waals surface area (Å²) < 4.78 is 19.8. The van der Waals surface area contributed by atoms with Crippen LogP contribution in [0.2, 0.25) is 0 Å². The Hall–Kier alpha value is -1.91. The molecule has 0 aromatic heterocycles.